The van der Waals surface area contributed by atoms with Gasteiger partial charge < -0.3 is 41.5 Å². The van der Waals surface area contributed by atoms with Crippen molar-refractivity contribution in [2.45, 2.75) is 49.7 Å². The van der Waals surface area contributed by atoms with Crippen LogP contribution >= 0.6 is 0 Å². The number of alkyl halides is 3. The number of anilines is 1. The molecule has 13 nitrogen and oxygen atoms in total. The molecule has 1 saturated heterocycles. The Morgan fingerprint density at radius 3 is 2.44 bits per heavy atom. The highest BCUT2D eigenvalue weighted by Gasteiger charge is 2.64. The Morgan fingerprint density at radius 1 is 1.21 bits per heavy atom. The predicted octanol–water partition coefficient (Wildman–Crippen LogP) is 0.553. The number of primary amides is 1. The summed E-state index contributed by atoms with van der Waals surface area (Å²) in [4.78, 5) is 53.2. The summed E-state index contributed by atoms with van der Waals surface area (Å²) < 4.78 is 44.7. The molecule has 1 saturated carbocycles. The Kier molecular flexibility index (Phi) is 7.22. The van der Waals surface area contributed by atoms with Crippen molar-refractivity contribution in [3.63, 3.8) is 0 Å². The second kappa shape index (κ2) is 10.2. The number of aliphatic hydroxyl groups is 3. The molecule has 43 heavy (non-hydrogen) atoms. The minimum absolute atomic E-state index is 0.330. The highest BCUT2D eigenvalue weighted by atomic mass is 19.4. The number of halogens is 3. The van der Waals surface area contributed by atoms with Crippen LogP contribution in [-0.4, -0.2) is 93.4 Å². The molecule has 0 radical (unpaired) electrons. The monoisotopic (exact) mass is 610 g/mol. The predicted molar refractivity (Wildman–Crippen MR) is 141 cm³/mol. The van der Waals surface area contributed by atoms with Crippen LogP contribution in [0.3, 0.4) is 0 Å². The van der Waals surface area contributed by atoms with E-state index in [1.807, 2.05) is 0 Å². The number of carbonyl (C=O) groups excluding carboxylic acids is 4. The molecular formula is C27H29F3N4O9. The van der Waals surface area contributed by atoms with Gasteiger partial charge in [-0.2, -0.15) is 0 Å². The van der Waals surface area contributed by atoms with Gasteiger partial charge in [0.2, 0.25) is 11.7 Å². The maximum absolute atomic E-state index is 13.9. The van der Waals surface area contributed by atoms with E-state index in [0.717, 1.165) is 6.07 Å². The van der Waals surface area contributed by atoms with Gasteiger partial charge in [-0.25, -0.2) is 0 Å². The highest BCUT2D eigenvalue weighted by Crippen LogP contribution is 2.55. The van der Waals surface area contributed by atoms with Crippen LogP contribution in [0.25, 0.3) is 5.76 Å². The molecule has 1 aromatic carbocycles. The van der Waals surface area contributed by atoms with Crippen molar-refractivity contribution < 1.29 is 57.5 Å². The van der Waals surface area contributed by atoms with Crippen LogP contribution in [0.15, 0.2) is 23.0 Å². The molecule has 1 aliphatic heterocycles. The number of amides is 2. The molecule has 0 unspecified atom stereocenters. The normalized spacial score (nSPS) is 28.9. The average molecular weight is 611 g/mol. The van der Waals surface area contributed by atoms with Gasteiger partial charge in [0, 0.05) is 23.1 Å². The maximum Gasteiger partial charge on any atom is 0.573 e. The van der Waals surface area contributed by atoms with Gasteiger partial charge in [0.15, 0.2) is 17.1 Å². The topological polar surface area (TPSA) is 212 Å². The third kappa shape index (κ3) is 4.69. The Bertz CT molecular complexity index is 1510. The molecule has 5 atom stereocenters. The van der Waals surface area contributed by atoms with E-state index in [-0.39, 0.29) is 12.0 Å². The zero-order valence-electron chi connectivity index (χ0n) is 22.9. The number of nitrogens with two attached hydrogens (primary N) is 1. The Morgan fingerprint density at radius 2 is 1.88 bits per heavy atom. The van der Waals surface area contributed by atoms with Crippen LogP contribution in [0.4, 0.5) is 18.9 Å². The average Bonchev–Trinajstić information content (AvgIpc) is 3.43. The highest BCUT2D eigenvalue weighted by molar-refractivity contribution is 6.24. The molecule has 2 fully saturated rings. The van der Waals surface area contributed by atoms with Crippen molar-refractivity contribution in [1.29, 1.82) is 0 Å². The number of nitrogens with one attached hydrogen (secondary N) is 2. The van der Waals surface area contributed by atoms with E-state index in [2.05, 4.69) is 15.4 Å². The quantitative estimate of drug-likeness (QED) is 0.181. The number of phenolic OH excluding ortho intramolecular Hbond substituents is 1. The SMILES string of the molecule is CN(C)[C@@H]1C(=O)C(C(N)=O)=C(O)[C@@]2(O)C(=O)C3=C(O)c4c(O)c(NC(=O)[C@@H]5CCCN5)cc(OC(F)(F)F)c4C[C@H]3C[C@@H]12. The molecule has 0 spiro atoms. The molecule has 8 N–H and O–H groups in total. The zero-order chi connectivity index (χ0) is 31.8. The van der Waals surface area contributed by atoms with E-state index in [0.29, 0.717) is 19.4 Å². The van der Waals surface area contributed by atoms with Crippen LogP contribution in [0.5, 0.6) is 11.5 Å². The Hall–Kier alpha value is -4.15. The van der Waals surface area contributed by atoms with Crippen molar-refractivity contribution in [2.24, 2.45) is 17.6 Å². The number of aliphatic hydroxyl groups excluding tert-OH is 2. The van der Waals surface area contributed by atoms with Gasteiger partial charge in [-0.05, 0) is 52.2 Å². The molecular weight excluding hydrogens is 581 g/mol. The number of hydrogen-bond acceptors (Lipinski definition) is 11. The van der Waals surface area contributed by atoms with Crippen LogP contribution in [0, 0.1) is 11.8 Å². The number of phenols is 1. The van der Waals surface area contributed by atoms with E-state index >= 15 is 0 Å². The standard InChI is InChI=1S/C27H29F3N4O9/c1-34(2)18-11-7-9-6-10-14(43-27(28,29)30)8-13(33-25(41)12-4-3-5-32-12)19(35)16(10)20(36)15(9)22(38)26(11,42)23(39)17(21(18)37)24(31)40/h8-9,11-12,18,32,35-36,39,42H,3-7H2,1-2H3,(H2,31,40)(H,33,41)/t9-,11-,12-,18-,26-/m0/s1. The summed E-state index contributed by atoms with van der Waals surface area (Å²) >= 11 is 0. The van der Waals surface area contributed by atoms with Crippen LogP contribution < -0.4 is 21.1 Å². The molecule has 2 amide bonds. The fourth-order valence-corrected chi connectivity index (χ4v) is 6.72. The third-order valence-corrected chi connectivity index (χ3v) is 8.54. The largest absolute Gasteiger partial charge is 0.573 e. The molecule has 0 aromatic heterocycles. The zero-order valence-corrected chi connectivity index (χ0v) is 22.9. The number of aromatic hydroxyl groups is 1. The van der Waals surface area contributed by atoms with Gasteiger partial charge in [-0.3, -0.25) is 24.1 Å². The molecule has 1 heterocycles. The fourth-order valence-electron chi connectivity index (χ4n) is 6.72. The molecule has 16 heteroatoms. The maximum atomic E-state index is 13.9. The fraction of sp³-hybridized carbons (Fsp3) is 0.481. The number of carbonyl (C=O) groups is 4. The first kappa shape index (κ1) is 30.3. The first-order valence-corrected chi connectivity index (χ1v) is 13.3. The Balaban J connectivity index is 1.70. The summed E-state index contributed by atoms with van der Waals surface area (Å²) in [5, 5.41) is 50.2. The van der Waals surface area contributed by atoms with Crippen molar-refractivity contribution in [1.82, 2.24) is 10.2 Å². The Labute approximate surface area is 241 Å². The van der Waals surface area contributed by atoms with Gasteiger partial charge >= 0.3 is 6.36 Å². The van der Waals surface area contributed by atoms with Gasteiger partial charge in [-0.1, -0.05) is 0 Å². The van der Waals surface area contributed by atoms with E-state index in [9.17, 15) is 52.8 Å². The molecule has 4 aliphatic rings. The molecule has 1 aromatic rings. The van der Waals surface area contributed by atoms with Crippen molar-refractivity contribution in [3.8, 4) is 11.5 Å². The summed E-state index contributed by atoms with van der Waals surface area (Å²) in [7, 11) is 2.83. The van der Waals surface area contributed by atoms with E-state index in [1.165, 1.54) is 19.0 Å². The summed E-state index contributed by atoms with van der Waals surface area (Å²) in [5.41, 5.74) is -0.761. The van der Waals surface area contributed by atoms with Gasteiger partial charge in [-0.15, -0.1) is 13.2 Å². The van der Waals surface area contributed by atoms with Crippen molar-refractivity contribution in [2.75, 3.05) is 26.0 Å². The third-order valence-electron chi connectivity index (χ3n) is 8.54. The van der Waals surface area contributed by atoms with Crippen LogP contribution in [-0.2, 0) is 25.6 Å². The first-order chi connectivity index (χ1) is 20.0. The number of likely N-dealkylation sites (N-methyl/N-ethyl adjacent to an activating group) is 1. The minimum Gasteiger partial charge on any atom is -0.508 e. The number of ketones is 2. The van der Waals surface area contributed by atoms with Gasteiger partial charge in [0.25, 0.3) is 5.91 Å². The van der Waals surface area contributed by atoms with Crippen LogP contribution in [0.2, 0.25) is 0 Å². The van der Waals surface area contributed by atoms with Crippen LogP contribution in [0.1, 0.15) is 30.4 Å². The number of rotatable bonds is 5. The second-order valence-electron chi connectivity index (χ2n) is 11.3. The second-order valence-corrected chi connectivity index (χ2v) is 11.3. The minimum atomic E-state index is -5.23. The van der Waals surface area contributed by atoms with Crippen molar-refractivity contribution in [3.05, 3.63) is 34.1 Å². The summed E-state index contributed by atoms with van der Waals surface area (Å²) in [6.07, 6.45) is -4.91. The number of fused-ring (bicyclic) bond motifs is 3. The van der Waals surface area contributed by atoms with Gasteiger partial charge in [0.05, 0.1) is 23.3 Å². The van der Waals surface area contributed by atoms with E-state index in [4.69, 9.17) is 5.73 Å². The number of Topliss-reactive ketones (excluding diaryl/α,β-unsaturated/α-hetero) is 2. The summed E-state index contributed by atoms with van der Waals surface area (Å²) in [6.45, 7) is 0.524. The summed E-state index contributed by atoms with van der Waals surface area (Å²) in [6, 6.07) is -1.30. The van der Waals surface area contributed by atoms with Crippen molar-refractivity contribution >= 4 is 34.8 Å². The lowest BCUT2D eigenvalue weighted by Crippen LogP contribution is -2.65. The lowest BCUT2D eigenvalue weighted by molar-refractivity contribution is -0.275. The lowest BCUT2D eigenvalue weighted by atomic mass is 9.57. The van der Waals surface area contributed by atoms with E-state index < -0.39 is 111 Å². The number of ether oxygens (including phenoxy) is 1. The molecule has 0 bridgehead atoms. The van der Waals surface area contributed by atoms with Gasteiger partial charge in [0.1, 0.15) is 22.8 Å². The number of benzene rings is 1. The number of nitrogens with zero attached hydrogens (tertiary/aromatic N) is 1. The molecule has 5 rings (SSSR count). The summed E-state index contributed by atoms with van der Waals surface area (Å²) in [5.74, 6) is -11.0. The van der Waals surface area contributed by atoms with E-state index in [1.54, 1.807) is 0 Å². The lowest BCUT2D eigenvalue weighted by Gasteiger charge is -2.50. The molecule has 232 valence electrons. The smallest absolute Gasteiger partial charge is 0.508 e. The first-order valence-electron chi connectivity index (χ1n) is 13.3. The molecule has 3 aliphatic carbocycles. The number of hydrogen-bond donors (Lipinski definition) is 7.